The van der Waals surface area contributed by atoms with Crippen molar-refractivity contribution in [2.24, 2.45) is 0 Å². The molecule has 1 aromatic carbocycles. The number of hydrogen-bond donors (Lipinski definition) is 3. The van der Waals surface area contributed by atoms with E-state index in [1.807, 2.05) is 13.1 Å². The van der Waals surface area contributed by atoms with Gasteiger partial charge in [-0.25, -0.2) is 15.0 Å². The molecule has 3 heterocycles. The molecule has 0 saturated carbocycles. The van der Waals surface area contributed by atoms with Crippen LogP contribution in [-0.4, -0.2) is 50.4 Å². The fourth-order valence-electron chi connectivity index (χ4n) is 3.66. The number of likely N-dealkylation sites (N-methyl/N-ethyl adjacent to an activating group) is 1. The summed E-state index contributed by atoms with van der Waals surface area (Å²) >= 11 is 0. The van der Waals surface area contributed by atoms with Crippen LogP contribution >= 0.6 is 0 Å². The van der Waals surface area contributed by atoms with Crippen molar-refractivity contribution in [2.45, 2.75) is 32.2 Å². The molecular weight excluding hydrogens is 473 g/mol. The van der Waals surface area contributed by atoms with Crippen molar-refractivity contribution in [1.82, 2.24) is 24.8 Å². The van der Waals surface area contributed by atoms with E-state index in [1.165, 1.54) is 12.4 Å². The SMILES string of the molecule is CNCCOc1ccc(-c2ccc(Nc3cc4c(cc3C(F)(F)F)ncn4CC(C)(C)O)nc2)cn1. The molecule has 0 saturated heterocycles. The number of ether oxygens (including phenoxy) is 1. The molecule has 3 N–H and O–H groups in total. The largest absolute Gasteiger partial charge is 0.476 e. The summed E-state index contributed by atoms with van der Waals surface area (Å²) in [4.78, 5) is 12.7. The molecule has 190 valence electrons. The van der Waals surface area contributed by atoms with Crippen LogP contribution in [0.2, 0.25) is 0 Å². The monoisotopic (exact) mass is 500 g/mol. The molecule has 0 amide bonds. The quantitative estimate of drug-likeness (QED) is 0.289. The number of anilines is 2. The van der Waals surface area contributed by atoms with Crippen LogP contribution in [0.25, 0.3) is 22.2 Å². The smallest absolute Gasteiger partial charge is 0.418 e. The molecule has 8 nitrogen and oxygen atoms in total. The Morgan fingerprint density at radius 2 is 1.72 bits per heavy atom. The van der Waals surface area contributed by atoms with Crippen molar-refractivity contribution >= 4 is 22.5 Å². The number of halogens is 3. The van der Waals surface area contributed by atoms with Crippen LogP contribution in [0.4, 0.5) is 24.7 Å². The van der Waals surface area contributed by atoms with E-state index in [2.05, 4.69) is 25.6 Å². The van der Waals surface area contributed by atoms with Gasteiger partial charge in [-0.2, -0.15) is 13.2 Å². The highest BCUT2D eigenvalue weighted by Crippen LogP contribution is 2.38. The third kappa shape index (κ3) is 6.10. The summed E-state index contributed by atoms with van der Waals surface area (Å²) in [5.74, 6) is 0.747. The Morgan fingerprint density at radius 1 is 1.00 bits per heavy atom. The minimum absolute atomic E-state index is 0.155. The van der Waals surface area contributed by atoms with Gasteiger partial charge in [-0.05, 0) is 51.2 Å². The van der Waals surface area contributed by atoms with Gasteiger partial charge < -0.3 is 25.0 Å². The van der Waals surface area contributed by atoms with Gasteiger partial charge in [-0.15, -0.1) is 0 Å². The molecule has 4 rings (SSSR count). The number of alkyl halides is 3. The van der Waals surface area contributed by atoms with Crippen LogP contribution in [0.5, 0.6) is 5.88 Å². The molecule has 0 unspecified atom stereocenters. The van der Waals surface area contributed by atoms with Gasteiger partial charge in [-0.1, -0.05) is 0 Å². The molecule has 36 heavy (non-hydrogen) atoms. The van der Waals surface area contributed by atoms with Crippen molar-refractivity contribution in [3.05, 3.63) is 60.7 Å². The number of aromatic nitrogens is 4. The Balaban J connectivity index is 1.58. The summed E-state index contributed by atoms with van der Waals surface area (Å²) in [6.07, 6.45) is 0.0351. The first kappa shape index (κ1) is 25.4. The molecule has 0 spiro atoms. The maximum Gasteiger partial charge on any atom is 0.418 e. The Hall–Kier alpha value is -3.70. The molecule has 0 atom stereocenters. The number of benzene rings is 1. The maximum atomic E-state index is 13.8. The summed E-state index contributed by atoms with van der Waals surface area (Å²) in [7, 11) is 1.83. The number of pyridine rings is 2. The number of rotatable bonds is 9. The molecule has 11 heteroatoms. The van der Waals surface area contributed by atoms with Gasteiger partial charge >= 0.3 is 6.18 Å². The number of nitrogens with one attached hydrogen (secondary N) is 2. The molecule has 0 aliphatic heterocycles. The standard InChI is InChI=1S/C25H27F3N6O2/c1-24(2,35)14-34-15-32-20-10-18(25(26,27)28)19(11-21(20)34)33-22-6-4-16(12-30-22)17-5-7-23(31-13-17)36-9-8-29-3/h4-7,10-13,15,29,35H,8-9,14H2,1-3H3,(H,30,33). The van der Waals surface area contributed by atoms with Crippen molar-refractivity contribution in [1.29, 1.82) is 0 Å². The van der Waals surface area contributed by atoms with E-state index in [-0.39, 0.29) is 23.6 Å². The third-order valence-corrected chi connectivity index (χ3v) is 5.32. The summed E-state index contributed by atoms with van der Waals surface area (Å²) in [6.45, 7) is 4.61. The molecule has 0 aliphatic carbocycles. The molecule has 4 aromatic rings. The van der Waals surface area contributed by atoms with Gasteiger partial charge in [0.1, 0.15) is 12.4 Å². The molecule has 0 aliphatic rings. The van der Waals surface area contributed by atoms with E-state index in [0.29, 0.717) is 24.5 Å². The van der Waals surface area contributed by atoms with E-state index < -0.39 is 17.3 Å². The first-order chi connectivity index (χ1) is 17.0. The van der Waals surface area contributed by atoms with E-state index in [9.17, 15) is 18.3 Å². The minimum Gasteiger partial charge on any atom is -0.476 e. The van der Waals surface area contributed by atoms with Crippen molar-refractivity contribution in [3.8, 4) is 17.0 Å². The van der Waals surface area contributed by atoms with Gasteiger partial charge in [-0.3, -0.25) is 0 Å². The van der Waals surface area contributed by atoms with Crippen LogP contribution in [0.15, 0.2) is 55.1 Å². The van der Waals surface area contributed by atoms with Crippen LogP contribution in [0.1, 0.15) is 19.4 Å². The summed E-state index contributed by atoms with van der Waals surface area (Å²) in [5, 5.41) is 15.9. The molecule has 0 radical (unpaired) electrons. The summed E-state index contributed by atoms with van der Waals surface area (Å²) in [6, 6.07) is 9.31. The average Bonchev–Trinajstić information content (AvgIpc) is 3.19. The second-order valence-corrected chi connectivity index (χ2v) is 8.96. The van der Waals surface area contributed by atoms with E-state index in [0.717, 1.165) is 17.2 Å². The van der Waals surface area contributed by atoms with E-state index in [1.54, 1.807) is 49.0 Å². The van der Waals surface area contributed by atoms with Crippen molar-refractivity contribution < 1.29 is 23.0 Å². The zero-order valence-electron chi connectivity index (χ0n) is 20.1. The minimum atomic E-state index is -4.60. The topological polar surface area (TPSA) is 97.1 Å². The van der Waals surface area contributed by atoms with Gasteiger partial charge in [0, 0.05) is 36.1 Å². The van der Waals surface area contributed by atoms with Crippen LogP contribution in [-0.2, 0) is 12.7 Å². The summed E-state index contributed by atoms with van der Waals surface area (Å²) < 4.78 is 48.6. The van der Waals surface area contributed by atoms with E-state index >= 15 is 0 Å². The normalized spacial score (nSPS) is 12.2. The highest BCUT2D eigenvalue weighted by molar-refractivity contribution is 5.83. The predicted octanol–water partition coefficient (Wildman–Crippen LogP) is 4.62. The first-order valence-corrected chi connectivity index (χ1v) is 11.3. The lowest BCUT2D eigenvalue weighted by atomic mass is 10.1. The molecular formula is C25H27F3N6O2. The zero-order chi connectivity index (χ0) is 25.9. The fourth-order valence-corrected chi connectivity index (χ4v) is 3.66. The number of aliphatic hydroxyl groups is 1. The molecule has 0 bridgehead atoms. The maximum absolute atomic E-state index is 13.8. The van der Waals surface area contributed by atoms with Crippen LogP contribution in [0, 0.1) is 0 Å². The van der Waals surface area contributed by atoms with Crippen LogP contribution in [0.3, 0.4) is 0 Å². The summed E-state index contributed by atoms with van der Waals surface area (Å²) in [5.41, 5.74) is 0.129. The fraction of sp³-hybridized carbons (Fsp3) is 0.320. The van der Waals surface area contributed by atoms with Gasteiger partial charge in [0.2, 0.25) is 5.88 Å². The Labute approximate surface area is 206 Å². The second-order valence-electron chi connectivity index (χ2n) is 8.96. The van der Waals surface area contributed by atoms with Crippen molar-refractivity contribution in [3.63, 3.8) is 0 Å². The average molecular weight is 501 g/mol. The number of nitrogens with zero attached hydrogens (tertiary/aromatic N) is 4. The zero-order valence-corrected chi connectivity index (χ0v) is 20.1. The predicted molar refractivity (Wildman–Crippen MR) is 131 cm³/mol. The van der Waals surface area contributed by atoms with Crippen molar-refractivity contribution in [2.75, 3.05) is 25.5 Å². The molecule has 3 aromatic heterocycles. The Kier molecular flexibility index (Phi) is 7.14. The van der Waals surface area contributed by atoms with Gasteiger partial charge in [0.15, 0.2) is 0 Å². The Morgan fingerprint density at radius 3 is 2.31 bits per heavy atom. The highest BCUT2D eigenvalue weighted by Gasteiger charge is 2.34. The lowest BCUT2D eigenvalue weighted by molar-refractivity contribution is -0.136. The van der Waals surface area contributed by atoms with E-state index in [4.69, 9.17) is 4.74 Å². The van der Waals surface area contributed by atoms with Gasteiger partial charge in [0.05, 0.1) is 40.8 Å². The van der Waals surface area contributed by atoms with Gasteiger partial charge in [0.25, 0.3) is 0 Å². The van der Waals surface area contributed by atoms with Crippen LogP contribution < -0.4 is 15.4 Å². The lowest BCUT2D eigenvalue weighted by Gasteiger charge is -2.19. The number of hydrogen-bond acceptors (Lipinski definition) is 7. The lowest BCUT2D eigenvalue weighted by Crippen LogP contribution is -2.25. The highest BCUT2D eigenvalue weighted by atomic mass is 19.4. The number of fused-ring (bicyclic) bond motifs is 1. The third-order valence-electron chi connectivity index (χ3n) is 5.32. The molecule has 0 fully saturated rings. The first-order valence-electron chi connectivity index (χ1n) is 11.3. The number of imidazole rings is 1. The second kappa shape index (κ2) is 10.1. The Bertz CT molecular complexity index is 1310.